The fourth-order valence-electron chi connectivity index (χ4n) is 3.02. The van der Waals surface area contributed by atoms with Crippen LogP contribution in [0.4, 0.5) is 10.1 Å². The van der Waals surface area contributed by atoms with Crippen molar-refractivity contribution in [1.29, 1.82) is 0 Å². The summed E-state index contributed by atoms with van der Waals surface area (Å²) in [5.41, 5.74) is 4.22. The van der Waals surface area contributed by atoms with Crippen LogP contribution in [0.15, 0.2) is 65.3 Å². The maximum absolute atomic E-state index is 13.1. The number of carbonyl (C=O) groups excluding carboxylic acids is 1. The molecule has 29 heavy (non-hydrogen) atoms. The van der Waals surface area contributed by atoms with Crippen molar-refractivity contribution in [2.45, 2.75) is 20.4 Å². The van der Waals surface area contributed by atoms with Crippen molar-refractivity contribution in [1.82, 2.24) is 14.7 Å². The molecule has 4 rings (SSSR count). The molecular weight excluding hydrogens is 371 g/mol. The highest BCUT2D eigenvalue weighted by Crippen LogP contribution is 2.23. The molecule has 146 valence electrons. The number of nitrogens with one attached hydrogen (secondary N) is 1. The maximum atomic E-state index is 13.1. The molecule has 0 bridgehead atoms. The zero-order chi connectivity index (χ0) is 20.4. The summed E-state index contributed by atoms with van der Waals surface area (Å²) in [4.78, 5) is 16.9. The Labute approximate surface area is 167 Å². The van der Waals surface area contributed by atoms with E-state index in [2.05, 4.69) is 15.5 Å². The van der Waals surface area contributed by atoms with E-state index in [-0.39, 0.29) is 24.2 Å². The fourth-order valence-corrected chi connectivity index (χ4v) is 3.02. The third kappa shape index (κ3) is 3.94. The lowest BCUT2D eigenvalue weighted by Crippen LogP contribution is -2.19. The van der Waals surface area contributed by atoms with E-state index in [0.717, 1.165) is 16.8 Å². The molecule has 2 aromatic heterocycles. The van der Waals surface area contributed by atoms with Gasteiger partial charge in [0.1, 0.15) is 18.1 Å². The zero-order valence-corrected chi connectivity index (χ0v) is 16.0. The zero-order valence-electron chi connectivity index (χ0n) is 16.0. The second kappa shape index (κ2) is 7.71. The standard InChI is InChI=1S/C22H19FN4O2/c1-14-5-3-6-18(15(14)2)24-20(28)13-27-12-4-7-19(27)22-25-21(26-29-22)16-8-10-17(23)11-9-16/h3-12H,13H2,1-2H3,(H,24,28). The minimum Gasteiger partial charge on any atom is -0.334 e. The van der Waals surface area contributed by atoms with Crippen molar-refractivity contribution in [3.63, 3.8) is 0 Å². The first-order chi connectivity index (χ1) is 14.0. The summed E-state index contributed by atoms with van der Waals surface area (Å²) in [5, 5.41) is 6.90. The summed E-state index contributed by atoms with van der Waals surface area (Å²) < 4.78 is 20.2. The molecule has 0 radical (unpaired) electrons. The summed E-state index contributed by atoms with van der Waals surface area (Å²) in [6.07, 6.45) is 1.78. The Hall–Kier alpha value is -3.74. The summed E-state index contributed by atoms with van der Waals surface area (Å²) >= 11 is 0. The van der Waals surface area contributed by atoms with Gasteiger partial charge in [0.2, 0.25) is 11.7 Å². The van der Waals surface area contributed by atoms with Crippen molar-refractivity contribution in [3.05, 3.63) is 77.7 Å². The number of hydrogen-bond acceptors (Lipinski definition) is 4. The van der Waals surface area contributed by atoms with Crippen LogP contribution in [0.3, 0.4) is 0 Å². The average Bonchev–Trinajstić information content (AvgIpc) is 3.35. The molecule has 0 fully saturated rings. The van der Waals surface area contributed by atoms with Crippen LogP contribution in [0.5, 0.6) is 0 Å². The van der Waals surface area contributed by atoms with Gasteiger partial charge in [-0.05, 0) is 67.4 Å². The van der Waals surface area contributed by atoms with Crippen molar-refractivity contribution in [2.75, 3.05) is 5.32 Å². The van der Waals surface area contributed by atoms with E-state index in [4.69, 9.17) is 4.52 Å². The molecule has 0 unspecified atom stereocenters. The molecule has 0 aliphatic rings. The normalized spacial score (nSPS) is 10.9. The Kier molecular flexibility index (Phi) is 4.95. The van der Waals surface area contributed by atoms with Crippen molar-refractivity contribution in [3.8, 4) is 23.0 Å². The molecule has 0 spiro atoms. The van der Waals surface area contributed by atoms with Crippen LogP contribution in [0.1, 0.15) is 11.1 Å². The molecule has 0 saturated heterocycles. The molecule has 0 aliphatic carbocycles. The van der Waals surface area contributed by atoms with E-state index in [1.807, 2.05) is 38.1 Å². The number of aryl methyl sites for hydroxylation is 1. The number of rotatable bonds is 5. The molecule has 4 aromatic rings. The van der Waals surface area contributed by atoms with Crippen LogP contribution in [0.25, 0.3) is 23.0 Å². The van der Waals surface area contributed by atoms with Gasteiger partial charge in [0, 0.05) is 17.4 Å². The summed E-state index contributed by atoms with van der Waals surface area (Å²) in [7, 11) is 0. The SMILES string of the molecule is Cc1cccc(NC(=O)Cn2cccc2-c2nc(-c3ccc(F)cc3)no2)c1C. The summed E-state index contributed by atoms with van der Waals surface area (Å²) in [6, 6.07) is 15.2. The first-order valence-corrected chi connectivity index (χ1v) is 9.12. The van der Waals surface area contributed by atoms with Gasteiger partial charge in [-0.15, -0.1) is 0 Å². The topological polar surface area (TPSA) is 73.0 Å². The third-order valence-electron chi connectivity index (χ3n) is 4.77. The molecule has 0 aliphatic heterocycles. The second-order valence-electron chi connectivity index (χ2n) is 6.75. The Bertz CT molecular complexity index is 1160. The molecule has 0 saturated carbocycles. The second-order valence-corrected chi connectivity index (χ2v) is 6.75. The van der Waals surface area contributed by atoms with Gasteiger partial charge in [-0.3, -0.25) is 4.79 Å². The van der Waals surface area contributed by atoms with E-state index in [9.17, 15) is 9.18 Å². The van der Waals surface area contributed by atoms with Gasteiger partial charge >= 0.3 is 0 Å². The van der Waals surface area contributed by atoms with Crippen LogP contribution >= 0.6 is 0 Å². The van der Waals surface area contributed by atoms with Gasteiger partial charge in [0.15, 0.2) is 0 Å². The lowest BCUT2D eigenvalue weighted by Gasteiger charge is -2.11. The van der Waals surface area contributed by atoms with Gasteiger partial charge in [-0.1, -0.05) is 17.3 Å². The van der Waals surface area contributed by atoms with Gasteiger partial charge in [0.05, 0.1) is 0 Å². The number of anilines is 1. The van der Waals surface area contributed by atoms with Crippen LogP contribution in [0.2, 0.25) is 0 Å². The number of nitrogens with zero attached hydrogens (tertiary/aromatic N) is 3. The summed E-state index contributed by atoms with van der Waals surface area (Å²) in [5.74, 6) is 0.150. The summed E-state index contributed by atoms with van der Waals surface area (Å²) in [6.45, 7) is 4.08. The molecule has 7 heteroatoms. The van der Waals surface area contributed by atoms with Crippen LogP contribution in [-0.4, -0.2) is 20.6 Å². The highest BCUT2D eigenvalue weighted by atomic mass is 19.1. The van der Waals surface area contributed by atoms with Crippen molar-refractivity contribution in [2.24, 2.45) is 0 Å². The molecule has 1 N–H and O–H groups in total. The first kappa shape index (κ1) is 18.6. The van der Waals surface area contributed by atoms with Gasteiger partial charge < -0.3 is 14.4 Å². The van der Waals surface area contributed by atoms with E-state index >= 15 is 0 Å². The highest BCUT2D eigenvalue weighted by Gasteiger charge is 2.16. The first-order valence-electron chi connectivity index (χ1n) is 9.12. The molecular formula is C22H19FN4O2. The smallest absolute Gasteiger partial charge is 0.274 e. The van der Waals surface area contributed by atoms with E-state index in [1.54, 1.807) is 29.0 Å². The quantitative estimate of drug-likeness (QED) is 0.541. The Morgan fingerprint density at radius 3 is 2.69 bits per heavy atom. The van der Waals surface area contributed by atoms with Crippen molar-refractivity contribution >= 4 is 11.6 Å². The minimum absolute atomic E-state index is 0.101. The third-order valence-corrected chi connectivity index (χ3v) is 4.77. The van der Waals surface area contributed by atoms with E-state index in [0.29, 0.717) is 17.1 Å². The Balaban J connectivity index is 1.52. The molecule has 1 amide bonds. The predicted molar refractivity (Wildman–Crippen MR) is 108 cm³/mol. The largest absolute Gasteiger partial charge is 0.334 e. The molecule has 0 atom stereocenters. The lowest BCUT2D eigenvalue weighted by atomic mass is 10.1. The van der Waals surface area contributed by atoms with Gasteiger partial charge in [-0.25, -0.2) is 4.39 Å². The van der Waals surface area contributed by atoms with Crippen LogP contribution in [0, 0.1) is 19.7 Å². The van der Waals surface area contributed by atoms with E-state index < -0.39 is 0 Å². The minimum atomic E-state index is -0.332. The lowest BCUT2D eigenvalue weighted by molar-refractivity contribution is -0.116. The number of carbonyl (C=O) groups is 1. The number of benzene rings is 2. The predicted octanol–water partition coefficient (Wildman–Crippen LogP) is 4.60. The van der Waals surface area contributed by atoms with Crippen LogP contribution in [-0.2, 0) is 11.3 Å². The number of amides is 1. The Morgan fingerprint density at radius 1 is 1.10 bits per heavy atom. The molecule has 2 aromatic carbocycles. The van der Waals surface area contributed by atoms with Crippen LogP contribution < -0.4 is 5.32 Å². The monoisotopic (exact) mass is 390 g/mol. The van der Waals surface area contributed by atoms with E-state index in [1.165, 1.54) is 12.1 Å². The number of aromatic nitrogens is 3. The van der Waals surface area contributed by atoms with Gasteiger partial charge in [0.25, 0.3) is 5.89 Å². The average molecular weight is 390 g/mol. The van der Waals surface area contributed by atoms with Gasteiger partial charge in [-0.2, -0.15) is 4.98 Å². The number of halogens is 1. The molecule has 2 heterocycles. The fraction of sp³-hybridized carbons (Fsp3) is 0.136. The van der Waals surface area contributed by atoms with Crippen molar-refractivity contribution < 1.29 is 13.7 Å². The number of hydrogen-bond donors (Lipinski definition) is 1. The highest BCUT2D eigenvalue weighted by molar-refractivity contribution is 5.91. The molecule has 6 nitrogen and oxygen atoms in total. The maximum Gasteiger partial charge on any atom is 0.274 e. The Morgan fingerprint density at radius 2 is 1.90 bits per heavy atom.